The van der Waals surface area contributed by atoms with Crippen molar-refractivity contribution in [2.75, 3.05) is 26.2 Å². The summed E-state index contributed by atoms with van der Waals surface area (Å²) >= 11 is 0. The molecule has 2 aliphatic heterocycles. The van der Waals surface area contributed by atoms with Crippen LogP contribution in [0.2, 0.25) is 0 Å². The normalized spacial score (nSPS) is 17.2. The van der Waals surface area contributed by atoms with Gasteiger partial charge in [0.2, 0.25) is 5.91 Å². The second-order valence-corrected chi connectivity index (χ2v) is 9.15. The van der Waals surface area contributed by atoms with Crippen LogP contribution in [0.15, 0.2) is 18.2 Å². The lowest BCUT2D eigenvalue weighted by Crippen LogP contribution is -2.50. The van der Waals surface area contributed by atoms with Crippen LogP contribution in [-0.4, -0.2) is 70.0 Å². The molecule has 156 valence electrons. The number of imide groups is 1. The molecule has 0 atom stereocenters. The van der Waals surface area contributed by atoms with E-state index in [1.165, 1.54) is 11.0 Å². The van der Waals surface area contributed by atoms with Crippen molar-refractivity contribution in [3.63, 3.8) is 0 Å². The average Bonchev–Trinajstić information content (AvgIpc) is 2.90. The van der Waals surface area contributed by atoms with Crippen molar-refractivity contribution in [1.29, 1.82) is 0 Å². The highest BCUT2D eigenvalue weighted by atomic mass is 16.2. The van der Waals surface area contributed by atoms with Crippen LogP contribution < -0.4 is 0 Å². The highest BCUT2D eigenvalue weighted by molar-refractivity contribution is 6.22. The Hall–Kier alpha value is -2.70. The Morgan fingerprint density at radius 1 is 0.931 bits per heavy atom. The SMILES string of the molecule is CC(C)CC(=O)N1CCN(C(=O)c2ccc3c(c2)C(=O)N(C(C)(C)C)C3=O)CC1. The molecule has 1 aromatic carbocycles. The molecule has 1 fully saturated rings. The van der Waals surface area contributed by atoms with Crippen LogP contribution in [-0.2, 0) is 4.79 Å². The minimum atomic E-state index is -0.629. The summed E-state index contributed by atoms with van der Waals surface area (Å²) in [4.78, 5) is 55.2. The van der Waals surface area contributed by atoms with Gasteiger partial charge in [-0.15, -0.1) is 0 Å². The van der Waals surface area contributed by atoms with Gasteiger partial charge >= 0.3 is 0 Å². The number of hydrogen-bond acceptors (Lipinski definition) is 4. The first-order chi connectivity index (χ1) is 13.5. The van der Waals surface area contributed by atoms with Crippen molar-refractivity contribution >= 4 is 23.6 Å². The minimum Gasteiger partial charge on any atom is -0.339 e. The van der Waals surface area contributed by atoms with Gasteiger partial charge in [0.05, 0.1) is 11.1 Å². The highest BCUT2D eigenvalue weighted by Gasteiger charge is 2.42. The number of fused-ring (bicyclic) bond motifs is 1. The average molecular weight is 399 g/mol. The molecule has 7 nitrogen and oxygen atoms in total. The zero-order valence-electron chi connectivity index (χ0n) is 17.8. The lowest BCUT2D eigenvalue weighted by atomic mass is 10.0. The van der Waals surface area contributed by atoms with Gasteiger partial charge < -0.3 is 9.80 Å². The maximum absolute atomic E-state index is 12.9. The van der Waals surface area contributed by atoms with Gasteiger partial charge in [-0.1, -0.05) is 13.8 Å². The summed E-state index contributed by atoms with van der Waals surface area (Å²) in [5, 5.41) is 0. The molecular formula is C22H29N3O4. The fourth-order valence-electron chi connectivity index (χ4n) is 3.80. The third-order valence-electron chi connectivity index (χ3n) is 5.31. The van der Waals surface area contributed by atoms with Crippen molar-refractivity contribution < 1.29 is 19.2 Å². The van der Waals surface area contributed by atoms with Gasteiger partial charge in [-0.05, 0) is 44.9 Å². The number of carbonyl (C=O) groups is 4. The Kier molecular flexibility index (Phi) is 5.52. The summed E-state index contributed by atoms with van der Waals surface area (Å²) in [6, 6.07) is 4.70. The quantitative estimate of drug-likeness (QED) is 0.732. The lowest BCUT2D eigenvalue weighted by Gasteiger charge is -2.35. The largest absolute Gasteiger partial charge is 0.339 e. The standard InChI is InChI=1S/C22H29N3O4/c1-14(2)12-18(26)23-8-10-24(11-9-23)19(27)15-6-7-16-17(13-15)21(29)25(20(16)28)22(3,4)5/h6-7,13-14H,8-12H2,1-5H3. The second kappa shape index (κ2) is 7.61. The van der Waals surface area contributed by atoms with Crippen LogP contribution in [0.3, 0.4) is 0 Å². The first-order valence-corrected chi connectivity index (χ1v) is 10.1. The summed E-state index contributed by atoms with van der Waals surface area (Å²) in [7, 11) is 0. The number of hydrogen-bond donors (Lipinski definition) is 0. The first-order valence-electron chi connectivity index (χ1n) is 10.1. The number of carbonyl (C=O) groups excluding carboxylic acids is 4. The monoisotopic (exact) mass is 399 g/mol. The predicted octanol–water partition coefficient (Wildman–Crippen LogP) is 2.41. The lowest BCUT2D eigenvalue weighted by molar-refractivity contribution is -0.133. The van der Waals surface area contributed by atoms with Crippen LogP contribution in [0.25, 0.3) is 0 Å². The Labute approximate surface area is 171 Å². The molecule has 1 aromatic rings. The van der Waals surface area contributed by atoms with Crippen LogP contribution in [0.5, 0.6) is 0 Å². The van der Waals surface area contributed by atoms with Gasteiger partial charge in [0.1, 0.15) is 0 Å². The second-order valence-electron chi connectivity index (χ2n) is 9.15. The maximum atomic E-state index is 12.9. The van der Waals surface area contributed by atoms with Crippen molar-refractivity contribution in [2.45, 2.75) is 46.6 Å². The first kappa shape index (κ1) is 21.0. The van der Waals surface area contributed by atoms with E-state index in [0.717, 1.165) is 0 Å². The molecule has 2 aliphatic rings. The highest BCUT2D eigenvalue weighted by Crippen LogP contribution is 2.30. The molecule has 7 heteroatoms. The Morgan fingerprint density at radius 2 is 1.48 bits per heavy atom. The molecule has 0 bridgehead atoms. The summed E-state index contributed by atoms with van der Waals surface area (Å²) in [5.74, 6) is -0.444. The molecule has 1 saturated heterocycles. The van der Waals surface area contributed by atoms with E-state index in [9.17, 15) is 19.2 Å². The van der Waals surface area contributed by atoms with Crippen LogP contribution in [0, 0.1) is 5.92 Å². The summed E-state index contributed by atoms with van der Waals surface area (Å²) in [5.41, 5.74) is 0.380. The number of amides is 4. The third-order valence-corrected chi connectivity index (χ3v) is 5.31. The van der Waals surface area contributed by atoms with E-state index in [0.29, 0.717) is 49.6 Å². The molecule has 0 saturated carbocycles. The summed E-state index contributed by atoms with van der Waals surface area (Å²) in [6.45, 7) is 11.4. The summed E-state index contributed by atoms with van der Waals surface area (Å²) < 4.78 is 0. The van der Waals surface area contributed by atoms with Crippen LogP contribution in [0.1, 0.15) is 72.1 Å². The van der Waals surface area contributed by atoms with Gasteiger partial charge in [0.15, 0.2) is 0 Å². The van der Waals surface area contributed by atoms with Gasteiger partial charge in [-0.25, -0.2) is 0 Å². The van der Waals surface area contributed by atoms with Gasteiger partial charge in [0, 0.05) is 43.7 Å². The fraction of sp³-hybridized carbons (Fsp3) is 0.545. The van der Waals surface area contributed by atoms with Gasteiger partial charge in [0.25, 0.3) is 17.7 Å². The molecule has 0 aromatic heterocycles. The smallest absolute Gasteiger partial charge is 0.262 e. The Balaban J connectivity index is 1.72. The molecule has 0 spiro atoms. The van der Waals surface area contributed by atoms with E-state index in [1.54, 1.807) is 42.7 Å². The topological polar surface area (TPSA) is 78.0 Å². The third kappa shape index (κ3) is 4.04. The molecule has 0 aliphatic carbocycles. The van der Waals surface area contributed by atoms with Crippen LogP contribution in [0.4, 0.5) is 0 Å². The molecule has 4 amide bonds. The molecule has 0 unspecified atom stereocenters. The fourth-order valence-corrected chi connectivity index (χ4v) is 3.80. The van der Waals surface area contributed by atoms with Gasteiger partial charge in [-0.3, -0.25) is 24.1 Å². The Morgan fingerprint density at radius 3 is 2.03 bits per heavy atom. The van der Waals surface area contributed by atoms with Crippen molar-refractivity contribution in [2.24, 2.45) is 5.92 Å². The molecule has 0 N–H and O–H groups in total. The van der Waals surface area contributed by atoms with E-state index in [-0.39, 0.29) is 29.2 Å². The minimum absolute atomic E-state index is 0.121. The van der Waals surface area contributed by atoms with E-state index < -0.39 is 5.54 Å². The van der Waals surface area contributed by atoms with E-state index in [2.05, 4.69) is 0 Å². The molecule has 29 heavy (non-hydrogen) atoms. The number of piperazine rings is 1. The molecule has 2 heterocycles. The van der Waals surface area contributed by atoms with Crippen LogP contribution >= 0.6 is 0 Å². The zero-order valence-corrected chi connectivity index (χ0v) is 17.8. The van der Waals surface area contributed by atoms with Crippen molar-refractivity contribution in [3.05, 3.63) is 34.9 Å². The molecule has 0 radical (unpaired) electrons. The van der Waals surface area contributed by atoms with E-state index >= 15 is 0 Å². The summed E-state index contributed by atoms with van der Waals surface area (Å²) in [6.07, 6.45) is 0.513. The van der Waals surface area contributed by atoms with E-state index in [1.807, 2.05) is 13.8 Å². The van der Waals surface area contributed by atoms with Crippen molar-refractivity contribution in [3.8, 4) is 0 Å². The number of rotatable bonds is 3. The molecular weight excluding hydrogens is 370 g/mol. The molecule has 3 rings (SSSR count). The number of benzene rings is 1. The maximum Gasteiger partial charge on any atom is 0.262 e. The van der Waals surface area contributed by atoms with Gasteiger partial charge in [-0.2, -0.15) is 0 Å². The zero-order chi connectivity index (χ0) is 21.5. The van der Waals surface area contributed by atoms with Crippen molar-refractivity contribution in [1.82, 2.24) is 14.7 Å². The Bertz CT molecular complexity index is 861. The van der Waals surface area contributed by atoms with E-state index in [4.69, 9.17) is 0 Å². The predicted molar refractivity (Wildman–Crippen MR) is 109 cm³/mol. The number of nitrogens with zero attached hydrogens (tertiary/aromatic N) is 3.